The Bertz CT molecular complexity index is 389. The van der Waals surface area contributed by atoms with Crippen molar-refractivity contribution in [3.8, 4) is 0 Å². The van der Waals surface area contributed by atoms with Crippen molar-refractivity contribution < 1.29 is 44.2 Å². The van der Waals surface area contributed by atoms with Gasteiger partial charge in [0.1, 0.15) is 0 Å². The Morgan fingerprint density at radius 2 is 1.60 bits per heavy atom. The maximum absolute atomic E-state index is 3.91. The first kappa shape index (κ1) is 23.2. The zero-order chi connectivity index (χ0) is 14.1. The Morgan fingerprint density at radius 1 is 1.10 bits per heavy atom. The summed E-state index contributed by atoms with van der Waals surface area (Å²) >= 11 is -0.172. The molecule has 0 aromatic carbocycles. The minimum Gasteiger partial charge on any atom is -1.00 e. The number of hydrogen-bond acceptors (Lipinski definition) is 1. The van der Waals surface area contributed by atoms with Crippen molar-refractivity contribution in [3.05, 3.63) is 20.6 Å². The number of rotatable bonds is 5. The van der Waals surface area contributed by atoms with Crippen LogP contribution in [0.5, 0.6) is 0 Å². The molecule has 20 heavy (non-hydrogen) atoms. The summed E-state index contributed by atoms with van der Waals surface area (Å²) in [5.41, 5.74) is 5.05. The van der Waals surface area contributed by atoms with E-state index in [0.717, 1.165) is 0 Å². The molecule has 0 aromatic heterocycles. The number of nitrogens with one attached hydrogen (secondary N) is 1. The fourth-order valence-corrected chi connectivity index (χ4v) is 7.50. The molecule has 5 heteroatoms. The molecule has 1 rings (SSSR count). The van der Waals surface area contributed by atoms with Gasteiger partial charge in [-0.15, -0.1) is 0 Å². The van der Waals surface area contributed by atoms with Gasteiger partial charge in [-0.05, 0) is 0 Å². The zero-order valence-corrected chi connectivity index (χ0v) is 18.3. The molecule has 0 amide bonds. The molecule has 0 fully saturated rings. The van der Waals surface area contributed by atoms with E-state index in [9.17, 15) is 0 Å². The van der Waals surface area contributed by atoms with Gasteiger partial charge in [-0.1, -0.05) is 0 Å². The van der Waals surface area contributed by atoms with E-state index in [2.05, 4.69) is 58.4 Å². The zero-order valence-electron chi connectivity index (χ0n) is 14.1. The Labute approximate surface area is 149 Å². The first-order valence-electron chi connectivity index (χ1n) is 7.07. The van der Waals surface area contributed by atoms with Crippen LogP contribution in [0.25, 0.3) is 0 Å². The summed E-state index contributed by atoms with van der Waals surface area (Å²) in [6.07, 6.45) is 0. The van der Waals surface area contributed by atoms with Gasteiger partial charge in [0, 0.05) is 0 Å². The maximum atomic E-state index is 3.91. The third-order valence-corrected chi connectivity index (χ3v) is 8.87. The van der Waals surface area contributed by atoms with E-state index >= 15 is 0 Å². The largest absolute Gasteiger partial charge is 1.00 e. The van der Waals surface area contributed by atoms with Crippen LogP contribution < -0.4 is 28.6 Å². The molecule has 0 spiro atoms. The molecule has 1 N–H and O–H groups in total. The molecule has 0 radical (unpaired) electrons. The predicted octanol–water partition coefficient (Wildman–Crippen LogP) is -1.89. The van der Waals surface area contributed by atoms with Gasteiger partial charge in [-0.3, -0.25) is 0 Å². The molecular formula is C15H29Cl2NSiTi. The van der Waals surface area contributed by atoms with Crippen LogP contribution in [0.2, 0.25) is 19.1 Å². The summed E-state index contributed by atoms with van der Waals surface area (Å²) in [5, 5.41) is 0. The first-order valence-corrected chi connectivity index (χ1v) is 11.8. The van der Waals surface area contributed by atoms with Gasteiger partial charge in [0.2, 0.25) is 0 Å². The summed E-state index contributed by atoms with van der Waals surface area (Å²) in [7, 11) is -0.486. The molecule has 1 atom stereocenters. The van der Waals surface area contributed by atoms with Gasteiger partial charge in [-0.2, -0.15) is 0 Å². The van der Waals surface area contributed by atoms with Crippen molar-refractivity contribution in [2.75, 3.05) is 0 Å². The molecule has 0 aromatic rings. The van der Waals surface area contributed by atoms with Crippen molar-refractivity contribution >= 4 is 8.80 Å². The molecular weight excluding hydrogens is 341 g/mol. The molecule has 1 aliphatic rings. The minimum absolute atomic E-state index is 0. The van der Waals surface area contributed by atoms with Crippen LogP contribution in [-0.4, -0.2) is 14.3 Å². The molecule has 1 aliphatic carbocycles. The third-order valence-electron chi connectivity index (χ3n) is 4.09. The standard InChI is InChI=1S/C9H13.C6H16NSi.2ClH.Ti/c1-6-5-7(2)9(4)8(6)3;1-6(2,7)5-8(3)4;;;/h6H,1-4H3;7-8H,5H2,1-4H3;2*1H;/q;-1;;;+3/p-2. The van der Waals surface area contributed by atoms with Crippen LogP contribution in [0.1, 0.15) is 41.5 Å². The van der Waals surface area contributed by atoms with Crippen LogP contribution in [0.4, 0.5) is 0 Å². The molecule has 0 saturated heterocycles. The van der Waals surface area contributed by atoms with Crippen LogP contribution in [0.15, 0.2) is 20.6 Å². The Morgan fingerprint density at radius 3 is 1.95 bits per heavy atom. The van der Waals surface area contributed by atoms with Gasteiger partial charge in [-0.25, -0.2) is 0 Å². The SMILES string of the molecule is CC1=C(C)C(C)[C]([Ti+2][NH]C(C)(C)C[SiH](C)C)=C1C.[Cl-].[Cl-]. The van der Waals surface area contributed by atoms with E-state index in [0.29, 0.717) is 11.5 Å². The fourth-order valence-electron chi connectivity index (χ4n) is 2.87. The molecule has 0 bridgehead atoms. The summed E-state index contributed by atoms with van der Waals surface area (Å²) in [6.45, 7) is 18.9. The van der Waals surface area contributed by atoms with Crippen molar-refractivity contribution in [2.45, 2.75) is 66.2 Å². The second-order valence-corrected chi connectivity index (χ2v) is 11.6. The summed E-state index contributed by atoms with van der Waals surface area (Å²) in [5.74, 6) is 0.685. The van der Waals surface area contributed by atoms with Crippen molar-refractivity contribution in [3.63, 3.8) is 0 Å². The predicted molar refractivity (Wildman–Crippen MR) is 81.1 cm³/mol. The Hall–Kier alpha value is 0.951. The van der Waals surface area contributed by atoms with Gasteiger partial charge in [0.05, 0.1) is 0 Å². The van der Waals surface area contributed by atoms with Crippen molar-refractivity contribution in [2.24, 2.45) is 5.92 Å². The smallest absolute Gasteiger partial charge is 1.00 e. The van der Waals surface area contributed by atoms with Crippen LogP contribution in [0.3, 0.4) is 0 Å². The number of halogens is 2. The van der Waals surface area contributed by atoms with Gasteiger partial charge in [0.25, 0.3) is 0 Å². The van der Waals surface area contributed by atoms with Crippen LogP contribution >= 0.6 is 0 Å². The molecule has 0 aliphatic heterocycles. The van der Waals surface area contributed by atoms with E-state index in [1.54, 1.807) is 20.6 Å². The molecule has 1 nitrogen and oxygen atoms in total. The first-order chi connectivity index (χ1) is 8.15. The Balaban J connectivity index is 0. The maximum Gasteiger partial charge on any atom is -1.00 e. The third kappa shape index (κ3) is 5.98. The van der Waals surface area contributed by atoms with Crippen molar-refractivity contribution in [1.82, 2.24) is 3.80 Å². The molecule has 0 heterocycles. The van der Waals surface area contributed by atoms with Crippen molar-refractivity contribution in [1.29, 1.82) is 0 Å². The summed E-state index contributed by atoms with van der Waals surface area (Å²) in [6, 6.07) is 1.39. The topological polar surface area (TPSA) is 12.0 Å². The second-order valence-electron chi connectivity index (χ2n) is 6.80. The fraction of sp³-hybridized carbons (Fsp3) is 0.733. The van der Waals surface area contributed by atoms with E-state index in [-0.39, 0.29) is 44.2 Å². The monoisotopic (exact) mass is 369 g/mol. The summed E-state index contributed by atoms with van der Waals surface area (Å²) in [4.78, 5) is 0. The molecule has 1 unspecified atom stereocenters. The van der Waals surface area contributed by atoms with Crippen LogP contribution in [-0.2, 0) is 19.4 Å². The van der Waals surface area contributed by atoms with Gasteiger partial charge < -0.3 is 24.8 Å². The van der Waals surface area contributed by atoms with E-state index in [4.69, 9.17) is 0 Å². The Kier molecular flexibility index (Phi) is 10.6. The van der Waals surface area contributed by atoms with E-state index in [1.807, 2.05) is 0 Å². The molecule has 0 saturated carbocycles. The second kappa shape index (κ2) is 9.17. The normalized spacial score (nSPS) is 18.9. The number of hydrogen-bond donors (Lipinski definition) is 1. The quantitative estimate of drug-likeness (QED) is 0.558. The van der Waals surface area contributed by atoms with Gasteiger partial charge >= 0.3 is 125 Å². The van der Waals surface area contributed by atoms with Gasteiger partial charge in [0.15, 0.2) is 0 Å². The van der Waals surface area contributed by atoms with Crippen LogP contribution in [0, 0.1) is 5.92 Å². The number of allylic oxidation sites excluding steroid dienone is 4. The average Bonchev–Trinajstić information content (AvgIpc) is 2.40. The minimum atomic E-state index is -0.486. The summed E-state index contributed by atoms with van der Waals surface area (Å²) < 4.78 is 5.63. The van der Waals surface area contributed by atoms with E-state index < -0.39 is 8.80 Å². The molecule has 116 valence electrons. The average molecular weight is 370 g/mol. The van der Waals surface area contributed by atoms with E-state index in [1.165, 1.54) is 6.04 Å².